The Labute approximate surface area is 172 Å². The molecule has 0 radical (unpaired) electrons. The maximum Gasteiger partial charge on any atom is 0.259 e. The van der Waals surface area contributed by atoms with Crippen LogP contribution in [0.3, 0.4) is 0 Å². The maximum absolute atomic E-state index is 5.56. The molecule has 0 spiro atoms. The van der Waals surface area contributed by atoms with Crippen LogP contribution in [0.25, 0.3) is 22.8 Å². The summed E-state index contributed by atoms with van der Waals surface area (Å²) < 4.78 is 7.77. The van der Waals surface area contributed by atoms with Crippen molar-refractivity contribution in [3.8, 4) is 22.8 Å². The molecule has 4 heteroatoms. The molecule has 2 aromatic heterocycles. The van der Waals surface area contributed by atoms with E-state index in [0.717, 1.165) is 23.4 Å². The first-order valence-corrected chi connectivity index (χ1v) is 9.97. The summed E-state index contributed by atoms with van der Waals surface area (Å²) in [5.74, 6) is 1.16. The van der Waals surface area contributed by atoms with Gasteiger partial charge in [0.05, 0.1) is 5.56 Å². The van der Waals surface area contributed by atoms with Gasteiger partial charge in [0.25, 0.3) is 5.89 Å². The van der Waals surface area contributed by atoms with Crippen molar-refractivity contribution in [3.05, 3.63) is 83.2 Å². The number of benzene rings is 2. The highest BCUT2D eigenvalue weighted by Crippen LogP contribution is 2.27. The second kappa shape index (κ2) is 7.36. The van der Waals surface area contributed by atoms with Crippen molar-refractivity contribution in [1.82, 2.24) is 14.7 Å². The molecule has 2 heterocycles. The van der Waals surface area contributed by atoms with Crippen molar-refractivity contribution in [2.75, 3.05) is 0 Å². The molecule has 0 saturated heterocycles. The van der Waals surface area contributed by atoms with E-state index in [2.05, 4.69) is 110 Å². The van der Waals surface area contributed by atoms with Crippen molar-refractivity contribution in [2.45, 2.75) is 46.6 Å². The van der Waals surface area contributed by atoms with Crippen LogP contribution >= 0.6 is 0 Å². The van der Waals surface area contributed by atoms with Gasteiger partial charge in [-0.2, -0.15) is 4.98 Å². The lowest BCUT2D eigenvalue weighted by Crippen LogP contribution is -2.10. The summed E-state index contributed by atoms with van der Waals surface area (Å²) in [6.07, 6.45) is 2.08. The van der Waals surface area contributed by atoms with Crippen molar-refractivity contribution < 1.29 is 4.52 Å². The Hall–Kier alpha value is -3.14. The van der Waals surface area contributed by atoms with Gasteiger partial charge in [-0.3, -0.25) is 0 Å². The van der Waals surface area contributed by atoms with Gasteiger partial charge < -0.3 is 9.09 Å². The number of aryl methyl sites for hydroxylation is 2. The van der Waals surface area contributed by atoms with E-state index in [-0.39, 0.29) is 5.41 Å². The van der Waals surface area contributed by atoms with Crippen LogP contribution in [0.15, 0.2) is 65.3 Å². The average Bonchev–Trinajstić information content (AvgIpc) is 3.30. The van der Waals surface area contributed by atoms with Crippen LogP contribution in [0.4, 0.5) is 0 Å². The van der Waals surface area contributed by atoms with Crippen molar-refractivity contribution in [2.24, 2.45) is 0 Å². The molecule has 4 nitrogen and oxygen atoms in total. The topological polar surface area (TPSA) is 43.9 Å². The molecule has 0 aliphatic rings. The van der Waals surface area contributed by atoms with Crippen LogP contribution in [0.5, 0.6) is 0 Å². The van der Waals surface area contributed by atoms with Gasteiger partial charge >= 0.3 is 0 Å². The second-order valence-electron chi connectivity index (χ2n) is 8.73. The van der Waals surface area contributed by atoms with Crippen molar-refractivity contribution in [1.29, 1.82) is 0 Å². The van der Waals surface area contributed by atoms with Crippen LogP contribution in [-0.2, 0) is 12.0 Å². The summed E-state index contributed by atoms with van der Waals surface area (Å²) in [5.41, 5.74) is 7.02. The Bertz CT molecular complexity index is 1110. The Balaban J connectivity index is 1.56. The van der Waals surface area contributed by atoms with Crippen LogP contribution in [-0.4, -0.2) is 14.7 Å². The predicted molar refractivity (Wildman–Crippen MR) is 117 cm³/mol. The third-order valence-electron chi connectivity index (χ3n) is 5.27. The van der Waals surface area contributed by atoms with E-state index in [1.807, 2.05) is 0 Å². The molecule has 0 fully saturated rings. The molecule has 0 amide bonds. The molecule has 0 N–H and O–H groups in total. The predicted octanol–water partition coefficient (Wildman–Crippen LogP) is 6.17. The van der Waals surface area contributed by atoms with Crippen LogP contribution in [0.2, 0.25) is 0 Å². The van der Waals surface area contributed by atoms with Gasteiger partial charge in [-0.05, 0) is 36.5 Å². The molecule has 4 rings (SSSR count). The first-order valence-electron chi connectivity index (χ1n) is 9.97. The molecule has 0 aliphatic heterocycles. The smallest absolute Gasteiger partial charge is 0.259 e. The minimum atomic E-state index is 0.124. The zero-order chi connectivity index (χ0) is 20.6. The number of hydrogen-bond acceptors (Lipinski definition) is 3. The van der Waals surface area contributed by atoms with E-state index in [1.54, 1.807) is 0 Å². The quantitative estimate of drug-likeness (QED) is 0.422. The summed E-state index contributed by atoms with van der Waals surface area (Å²) in [4.78, 5) is 4.62. The van der Waals surface area contributed by atoms with Gasteiger partial charge in [0.1, 0.15) is 0 Å². The lowest BCUT2D eigenvalue weighted by atomic mass is 9.87. The van der Waals surface area contributed by atoms with Gasteiger partial charge in [0, 0.05) is 24.0 Å². The van der Waals surface area contributed by atoms with Crippen LogP contribution < -0.4 is 0 Å². The second-order valence-corrected chi connectivity index (χ2v) is 8.73. The fraction of sp³-hybridized carbons (Fsp3) is 0.280. The van der Waals surface area contributed by atoms with Gasteiger partial charge in [0.15, 0.2) is 0 Å². The Morgan fingerprint density at radius 3 is 2.24 bits per heavy atom. The zero-order valence-corrected chi connectivity index (χ0v) is 17.7. The summed E-state index contributed by atoms with van der Waals surface area (Å²) in [5, 5.41) is 4.19. The number of nitrogens with zero attached hydrogens (tertiary/aromatic N) is 3. The van der Waals surface area contributed by atoms with E-state index in [1.165, 1.54) is 16.7 Å². The van der Waals surface area contributed by atoms with E-state index in [4.69, 9.17) is 4.52 Å². The highest BCUT2D eigenvalue weighted by atomic mass is 16.5. The molecule has 29 heavy (non-hydrogen) atoms. The fourth-order valence-corrected chi connectivity index (χ4v) is 3.37. The molecule has 4 aromatic rings. The first kappa shape index (κ1) is 19.2. The normalized spacial score (nSPS) is 11.8. The third-order valence-corrected chi connectivity index (χ3v) is 5.27. The van der Waals surface area contributed by atoms with Crippen LogP contribution in [0, 0.1) is 13.8 Å². The van der Waals surface area contributed by atoms with Gasteiger partial charge in [-0.25, -0.2) is 0 Å². The SMILES string of the molecule is Cc1ccc(Cn2cc(-c3nc(-c4ccc(C(C)(C)C)cc4)no3)cc2C)cc1. The first-order chi connectivity index (χ1) is 13.8. The van der Waals surface area contributed by atoms with E-state index in [9.17, 15) is 0 Å². The minimum Gasteiger partial charge on any atom is -0.347 e. The third kappa shape index (κ3) is 4.16. The van der Waals surface area contributed by atoms with Crippen LogP contribution in [0.1, 0.15) is 43.2 Å². The monoisotopic (exact) mass is 385 g/mol. The van der Waals surface area contributed by atoms with Gasteiger partial charge in [0.2, 0.25) is 5.82 Å². The molecule has 0 saturated carbocycles. The molecule has 0 unspecified atom stereocenters. The standard InChI is InChI=1S/C25H27N3O/c1-17-6-8-19(9-7-17)15-28-16-21(14-18(28)2)24-26-23(27-29-24)20-10-12-22(13-11-20)25(3,4)5/h6-14,16H,15H2,1-5H3. The summed E-state index contributed by atoms with van der Waals surface area (Å²) in [7, 11) is 0. The summed E-state index contributed by atoms with van der Waals surface area (Å²) >= 11 is 0. The molecular weight excluding hydrogens is 358 g/mol. The lowest BCUT2D eigenvalue weighted by molar-refractivity contribution is 0.432. The number of rotatable bonds is 4. The van der Waals surface area contributed by atoms with E-state index >= 15 is 0 Å². The largest absolute Gasteiger partial charge is 0.347 e. The Morgan fingerprint density at radius 1 is 0.897 bits per heavy atom. The van der Waals surface area contributed by atoms with Gasteiger partial charge in [-0.1, -0.05) is 80.0 Å². The maximum atomic E-state index is 5.56. The molecule has 0 aliphatic carbocycles. The molecular formula is C25H27N3O. The molecule has 0 atom stereocenters. The Morgan fingerprint density at radius 2 is 1.59 bits per heavy atom. The van der Waals surface area contributed by atoms with Crippen molar-refractivity contribution >= 4 is 0 Å². The number of aromatic nitrogens is 3. The van der Waals surface area contributed by atoms with Crippen molar-refractivity contribution in [3.63, 3.8) is 0 Å². The minimum absolute atomic E-state index is 0.124. The summed E-state index contributed by atoms with van der Waals surface area (Å²) in [6.45, 7) is 11.6. The molecule has 2 aromatic carbocycles. The van der Waals surface area contributed by atoms with E-state index < -0.39 is 0 Å². The van der Waals surface area contributed by atoms with Gasteiger partial charge in [-0.15, -0.1) is 0 Å². The molecule has 0 bridgehead atoms. The number of hydrogen-bond donors (Lipinski definition) is 0. The Kier molecular flexibility index (Phi) is 4.87. The van der Waals surface area contributed by atoms with E-state index in [0.29, 0.717) is 11.7 Å². The lowest BCUT2D eigenvalue weighted by Gasteiger charge is -2.18. The fourth-order valence-electron chi connectivity index (χ4n) is 3.37. The molecule has 148 valence electrons. The summed E-state index contributed by atoms with van der Waals surface area (Å²) in [6, 6.07) is 19.1. The highest BCUT2D eigenvalue weighted by molar-refractivity contribution is 5.60. The average molecular weight is 386 g/mol. The highest BCUT2D eigenvalue weighted by Gasteiger charge is 2.16. The zero-order valence-electron chi connectivity index (χ0n) is 17.7.